The van der Waals surface area contributed by atoms with Crippen LogP contribution in [0.3, 0.4) is 0 Å². The van der Waals surface area contributed by atoms with E-state index < -0.39 is 0 Å². The molecule has 0 saturated heterocycles. The molecule has 1 aromatic heterocycles. The van der Waals surface area contributed by atoms with Crippen molar-refractivity contribution in [1.82, 2.24) is 4.98 Å². The SMILES string of the molecule is COc1ccc(-c2csc(/N=C/c3ccccc3O)n2)cc1. The third-order valence-corrected chi connectivity index (χ3v) is 3.88. The summed E-state index contributed by atoms with van der Waals surface area (Å²) < 4.78 is 5.14. The summed E-state index contributed by atoms with van der Waals surface area (Å²) in [6.45, 7) is 0. The van der Waals surface area contributed by atoms with Crippen LogP contribution >= 0.6 is 11.3 Å². The molecule has 3 rings (SSSR count). The number of phenols is 1. The molecule has 0 radical (unpaired) electrons. The molecule has 22 heavy (non-hydrogen) atoms. The highest BCUT2D eigenvalue weighted by molar-refractivity contribution is 7.13. The normalized spacial score (nSPS) is 11.0. The molecule has 110 valence electrons. The van der Waals surface area contributed by atoms with Gasteiger partial charge in [0.15, 0.2) is 0 Å². The van der Waals surface area contributed by atoms with E-state index >= 15 is 0 Å². The molecule has 1 N–H and O–H groups in total. The molecule has 0 spiro atoms. The Morgan fingerprint density at radius 3 is 2.64 bits per heavy atom. The lowest BCUT2D eigenvalue weighted by Crippen LogP contribution is -1.83. The number of aromatic nitrogens is 1. The molecule has 2 aromatic carbocycles. The van der Waals surface area contributed by atoms with E-state index in [1.165, 1.54) is 11.3 Å². The van der Waals surface area contributed by atoms with Crippen LogP contribution in [0.1, 0.15) is 5.56 Å². The fourth-order valence-electron chi connectivity index (χ4n) is 1.94. The van der Waals surface area contributed by atoms with Crippen LogP contribution in [0.2, 0.25) is 0 Å². The molecule has 0 bridgehead atoms. The van der Waals surface area contributed by atoms with E-state index in [-0.39, 0.29) is 5.75 Å². The van der Waals surface area contributed by atoms with E-state index in [0.717, 1.165) is 17.0 Å². The number of hydrogen-bond donors (Lipinski definition) is 1. The fraction of sp³-hybridized carbons (Fsp3) is 0.0588. The van der Waals surface area contributed by atoms with Gasteiger partial charge in [0.25, 0.3) is 0 Å². The van der Waals surface area contributed by atoms with Gasteiger partial charge < -0.3 is 9.84 Å². The first-order valence-electron chi connectivity index (χ1n) is 6.68. The summed E-state index contributed by atoms with van der Waals surface area (Å²) in [4.78, 5) is 8.79. The lowest BCUT2D eigenvalue weighted by atomic mass is 10.2. The monoisotopic (exact) mass is 310 g/mol. The number of benzene rings is 2. The standard InChI is InChI=1S/C17H14N2O2S/c1-21-14-8-6-12(7-9-14)15-11-22-17(19-15)18-10-13-4-2-3-5-16(13)20/h2-11,20H,1H3/b18-10+. The number of ether oxygens (including phenoxy) is 1. The average molecular weight is 310 g/mol. The fourth-order valence-corrected chi connectivity index (χ4v) is 2.61. The third kappa shape index (κ3) is 3.15. The maximum absolute atomic E-state index is 9.70. The smallest absolute Gasteiger partial charge is 0.209 e. The molecule has 0 unspecified atom stereocenters. The Labute approximate surface area is 132 Å². The zero-order valence-electron chi connectivity index (χ0n) is 11.9. The molecule has 0 saturated carbocycles. The molecule has 0 atom stereocenters. The largest absolute Gasteiger partial charge is 0.507 e. The van der Waals surface area contributed by atoms with Crippen molar-refractivity contribution >= 4 is 22.7 Å². The number of aromatic hydroxyl groups is 1. The molecular formula is C17H14N2O2S. The molecule has 0 fully saturated rings. The second-order valence-electron chi connectivity index (χ2n) is 4.56. The quantitative estimate of drug-likeness (QED) is 0.732. The lowest BCUT2D eigenvalue weighted by molar-refractivity contribution is 0.415. The molecule has 0 aliphatic carbocycles. The number of hydrogen-bond acceptors (Lipinski definition) is 5. The van der Waals surface area contributed by atoms with Gasteiger partial charge >= 0.3 is 0 Å². The Bertz CT molecular complexity index is 794. The highest BCUT2D eigenvalue weighted by Crippen LogP contribution is 2.28. The number of rotatable bonds is 4. The zero-order chi connectivity index (χ0) is 15.4. The van der Waals surface area contributed by atoms with Crippen molar-refractivity contribution in [3.8, 4) is 22.8 Å². The number of aliphatic imine (C=N–C) groups is 1. The van der Waals surface area contributed by atoms with Crippen molar-refractivity contribution in [1.29, 1.82) is 0 Å². The highest BCUT2D eigenvalue weighted by atomic mass is 32.1. The minimum absolute atomic E-state index is 0.207. The van der Waals surface area contributed by atoms with Crippen molar-refractivity contribution in [2.45, 2.75) is 0 Å². The number of para-hydroxylation sites is 1. The van der Waals surface area contributed by atoms with E-state index in [1.54, 1.807) is 31.5 Å². The summed E-state index contributed by atoms with van der Waals surface area (Å²) in [7, 11) is 1.64. The number of methoxy groups -OCH3 is 1. The molecule has 0 aliphatic heterocycles. The van der Waals surface area contributed by atoms with Crippen LogP contribution in [0.4, 0.5) is 5.13 Å². The average Bonchev–Trinajstić information content (AvgIpc) is 3.03. The van der Waals surface area contributed by atoms with Crippen LogP contribution in [0, 0.1) is 0 Å². The second kappa shape index (κ2) is 6.41. The van der Waals surface area contributed by atoms with Gasteiger partial charge in [0, 0.05) is 22.7 Å². The van der Waals surface area contributed by atoms with E-state index in [1.807, 2.05) is 35.7 Å². The molecule has 5 heteroatoms. The predicted octanol–water partition coefficient (Wildman–Crippen LogP) is 4.27. The molecule has 4 nitrogen and oxygen atoms in total. The molecule has 3 aromatic rings. The molecular weight excluding hydrogens is 296 g/mol. The first kappa shape index (κ1) is 14.3. The predicted molar refractivity (Wildman–Crippen MR) is 89.5 cm³/mol. The van der Waals surface area contributed by atoms with E-state index in [4.69, 9.17) is 4.74 Å². The van der Waals surface area contributed by atoms with Crippen LogP contribution in [0.5, 0.6) is 11.5 Å². The van der Waals surface area contributed by atoms with Gasteiger partial charge in [-0.15, -0.1) is 11.3 Å². The van der Waals surface area contributed by atoms with Crippen molar-refractivity contribution in [3.63, 3.8) is 0 Å². The summed E-state index contributed by atoms with van der Waals surface area (Å²) in [6.07, 6.45) is 1.62. The first-order valence-corrected chi connectivity index (χ1v) is 7.56. The van der Waals surface area contributed by atoms with Crippen LogP contribution in [-0.4, -0.2) is 23.4 Å². The minimum atomic E-state index is 0.207. The third-order valence-electron chi connectivity index (χ3n) is 3.13. The van der Waals surface area contributed by atoms with Gasteiger partial charge in [-0.3, -0.25) is 0 Å². The topological polar surface area (TPSA) is 54.7 Å². The second-order valence-corrected chi connectivity index (χ2v) is 5.40. The van der Waals surface area contributed by atoms with E-state index in [0.29, 0.717) is 10.7 Å². The Hall–Kier alpha value is -2.66. The molecule has 0 aliphatic rings. The Kier molecular flexibility index (Phi) is 4.16. The van der Waals surface area contributed by atoms with Crippen molar-refractivity contribution in [2.24, 2.45) is 4.99 Å². The van der Waals surface area contributed by atoms with Gasteiger partial charge in [-0.2, -0.15) is 0 Å². The van der Waals surface area contributed by atoms with Crippen LogP contribution < -0.4 is 4.74 Å². The van der Waals surface area contributed by atoms with Crippen LogP contribution in [0.15, 0.2) is 58.9 Å². The Morgan fingerprint density at radius 1 is 1.14 bits per heavy atom. The number of nitrogens with zero attached hydrogens (tertiary/aromatic N) is 2. The van der Waals surface area contributed by atoms with Gasteiger partial charge in [-0.1, -0.05) is 12.1 Å². The summed E-state index contributed by atoms with van der Waals surface area (Å²) in [5, 5.41) is 12.3. The molecule has 0 amide bonds. The summed E-state index contributed by atoms with van der Waals surface area (Å²) >= 11 is 1.46. The van der Waals surface area contributed by atoms with E-state index in [2.05, 4.69) is 9.98 Å². The van der Waals surface area contributed by atoms with E-state index in [9.17, 15) is 5.11 Å². The van der Waals surface area contributed by atoms with Crippen LogP contribution in [0.25, 0.3) is 11.3 Å². The summed E-state index contributed by atoms with van der Waals surface area (Å²) in [6, 6.07) is 14.8. The van der Waals surface area contributed by atoms with Gasteiger partial charge in [0.05, 0.1) is 12.8 Å². The first-order chi connectivity index (χ1) is 10.8. The highest BCUT2D eigenvalue weighted by Gasteiger charge is 2.04. The minimum Gasteiger partial charge on any atom is -0.507 e. The van der Waals surface area contributed by atoms with Crippen molar-refractivity contribution in [2.75, 3.05) is 7.11 Å². The maximum Gasteiger partial charge on any atom is 0.209 e. The number of phenolic OH excluding ortho intramolecular Hbond substituents is 1. The summed E-state index contributed by atoms with van der Waals surface area (Å²) in [5.74, 6) is 1.02. The zero-order valence-corrected chi connectivity index (χ0v) is 12.7. The number of thiazole rings is 1. The van der Waals surface area contributed by atoms with Gasteiger partial charge in [-0.05, 0) is 36.4 Å². The van der Waals surface area contributed by atoms with Gasteiger partial charge in [-0.25, -0.2) is 9.98 Å². The lowest BCUT2D eigenvalue weighted by Gasteiger charge is -2.00. The van der Waals surface area contributed by atoms with Crippen molar-refractivity contribution in [3.05, 3.63) is 59.5 Å². The van der Waals surface area contributed by atoms with Crippen LogP contribution in [-0.2, 0) is 0 Å². The van der Waals surface area contributed by atoms with Gasteiger partial charge in [0.2, 0.25) is 5.13 Å². The summed E-state index contributed by atoms with van der Waals surface area (Å²) in [5.41, 5.74) is 2.56. The Balaban J connectivity index is 1.80. The molecule has 1 heterocycles. The van der Waals surface area contributed by atoms with Crippen molar-refractivity contribution < 1.29 is 9.84 Å². The maximum atomic E-state index is 9.70. The van der Waals surface area contributed by atoms with Gasteiger partial charge in [0.1, 0.15) is 11.5 Å². The Morgan fingerprint density at radius 2 is 1.91 bits per heavy atom.